The second kappa shape index (κ2) is 2.58. The maximum Gasteiger partial charge on any atom is 0.0710 e. The Kier molecular flexibility index (Phi) is 1.74. The Balaban J connectivity index is 2.47. The highest BCUT2D eigenvalue weighted by Crippen LogP contribution is 2.34. The first-order chi connectivity index (χ1) is 6.00. The van der Waals surface area contributed by atoms with Crippen molar-refractivity contribution >= 4 is 0 Å². The lowest BCUT2D eigenvalue weighted by Gasteiger charge is -2.16. The van der Waals surface area contributed by atoms with Gasteiger partial charge in [-0.2, -0.15) is 5.10 Å². The van der Waals surface area contributed by atoms with Gasteiger partial charge in [0, 0.05) is 11.5 Å². The second-order valence-corrected chi connectivity index (χ2v) is 4.86. The van der Waals surface area contributed by atoms with E-state index in [1.54, 1.807) is 0 Å². The van der Waals surface area contributed by atoms with E-state index in [9.17, 15) is 0 Å². The van der Waals surface area contributed by atoms with Crippen LogP contribution < -0.4 is 5.73 Å². The van der Waals surface area contributed by atoms with Gasteiger partial charge in [0.25, 0.3) is 0 Å². The summed E-state index contributed by atoms with van der Waals surface area (Å²) in [5, 5.41) is 7.42. The maximum atomic E-state index is 5.93. The van der Waals surface area contributed by atoms with Gasteiger partial charge in [0.2, 0.25) is 0 Å². The van der Waals surface area contributed by atoms with Crippen LogP contribution in [-0.4, -0.2) is 10.2 Å². The molecule has 0 amide bonds. The monoisotopic (exact) mass is 179 g/mol. The van der Waals surface area contributed by atoms with Crippen LogP contribution in [0.2, 0.25) is 0 Å². The number of nitrogens with two attached hydrogens (primary N) is 1. The molecule has 1 unspecified atom stereocenters. The Bertz CT molecular complexity index is 319. The van der Waals surface area contributed by atoms with Crippen LogP contribution in [0.1, 0.15) is 50.2 Å². The van der Waals surface area contributed by atoms with Crippen molar-refractivity contribution in [1.82, 2.24) is 10.2 Å². The van der Waals surface area contributed by atoms with E-state index in [0.29, 0.717) is 0 Å². The van der Waals surface area contributed by atoms with Gasteiger partial charge in [-0.25, -0.2) is 0 Å². The van der Waals surface area contributed by atoms with Crippen molar-refractivity contribution < 1.29 is 0 Å². The lowest BCUT2D eigenvalue weighted by atomic mass is 9.89. The first kappa shape index (κ1) is 8.75. The van der Waals surface area contributed by atoms with Crippen LogP contribution in [0, 0.1) is 0 Å². The zero-order chi connectivity index (χ0) is 9.64. The minimum Gasteiger partial charge on any atom is -0.323 e. The molecule has 13 heavy (non-hydrogen) atoms. The molecule has 1 aromatic rings. The summed E-state index contributed by atoms with van der Waals surface area (Å²) in [4.78, 5) is 0. The molecule has 72 valence electrons. The first-order valence-corrected chi connectivity index (χ1v) is 4.83. The molecule has 0 saturated heterocycles. The Morgan fingerprint density at radius 1 is 1.46 bits per heavy atom. The van der Waals surface area contributed by atoms with Crippen LogP contribution in [-0.2, 0) is 11.8 Å². The third kappa shape index (κ3) is 1.27. The van der Waals surface area contributed by atoms with E-state index in [0.717, 1.165) is 18.5 Å². The second-order valence-electron chi connectivity index (χ2n) is 4.86. The molecule has 0 spiro atoms. The maximum absolute atomic E-state index is 5.93. The molecule has 0 bridgehead atoms. The molecule has 2 rings (SSSR count). The van der Waals surface area contributed by atoms with Gasteiger partial charge >= 0.3 is 0 Å². The Labute approximate surface area is 78.7 Å². The molecule has 1 aromatic heterocycles. The van der Waals surface area contributed by atoms with Crippen molar-refractivity contribution in [3.05, 3.63) is 17.0 Å². The van der Waals surface area contributed by atoms with E-state index >= 15 is 0 Å². The number of fused-ring (bicyclic) bond motifs is 1. The summed E-state index contributed by atoms with van der Waals surface area (Å²) in [5.41, 5.74) is 9.77. The summed E-state index contributed by atoms with van der Waals surface area (Å²) in [5.74, 6) is 0. The average Bonchev–Trinajstić information content (AvgIpc) is 2.51. The third-order valence-corrected chi connectivity index (χ3v) is 2.69. The van der Waals surface area contributed by atoms with Crippen LogP contribution in [0.15, 0.2) is 0 Å². The Morgan fingerprint density at radius 3 is 2.77 bits per heavy atom. The molecular weight excluding hydrogens is 162 g/mol. The molecule has 0 fully saturated rings. The summed E-state index contributed by atoms with van der Waals surface area (Å²) in [7, 11) is 0. The third-order valence-electron chi connectivity index (χ3n) is 2.69. The molecule has 0 radical (unpaired) electrons. The number of aromatic amines is 1. The summed E-state index contributed by atoms with van der Waals surface area (Å²) < 4.78 is 0. The fraction of sp³-hybridized carbons (Fsp3) is 0.700. The highest BCUT2D eigenvalue weighted by molar-refractivity contribution is 5.35. The number of aromatic nitrogens is 2. The standard InChI is InChI=1S/C10H17N3/c1-10(2,3)9-6-4-5-7(11)8(6)12-13-9/h7H,4-5,11H2,1-3H3,(H,12,13). The van der Waals surface area contributed by atoms with E-state index in [1.165, 1.54) is 11.3 Å². The summed E-state index contributed by atoms with van der Waals surface area (Å²) in [6, 6.07) is 0.179. The summed E-state index contributed by atoms with van der Waals surface area (Å²) in [6.45, 7) is 6.56. The first-order valence-electron chi connectivity index (χ1n) is 4.83. The molecule has 0 aliphatic heterocycles. The average molecular weight is 179 g/mol. The highest BCUT2D eigenvalue weighted by atomic mass is 15.1. The van der Waals surface area contributed by atoms with Crippen LogP contribution >= 0.6 is 0 Å². The quantitative estimate of drug-likeness (QED) is 0.636. The molecule has 1 aliphatic rings. The zero-order valence-electron chi connectivity index (χ0n) is 8.52. The molecule has 3 heteroatoms. The number of hydrogen-bond donors (Lipinski definition) is 2. The van der Waals surface area contributed by atoms with E-state index in [2.05, 4.69) is 31.0 Å². The smallest absolute Gasteiger partial charge is 0.0710 e. The molecule has 1 heterocycles. The summed E-state index contributed by atoms with van der Waals surface area (Å²) >= 11 is 0. The van der Waals surface area contributed by atoms with Crippen molar-refractivity contribution in [3.63, 3.8) is 0 Å². The van der Waals surface area contributed by atoms with Crippen molar-refractivity contribution in [3.8, 4) is 0 Å². The lowest BCUT2D eigenvalue weighted by Crippen LogP contribution is -2.13. The fourth-order valence-electron chi connectivity index (χ4n) is 2.00. The largest absolute Gasteiger partial charge is 0.323 e. The van der Waals surface area contributed by atoms with Gasteiger partial charge in [0.15, 0.2) is 0 Å². The van der Waals surface area contributed by atoms with Gasteiger partial charge in [-0.05, 0) is 18.4 Å². The number of nitrogens with one attached hydrogen (secondary N) is 1. The van der Waals surface area contributed by atoms with Gasteiger partial charge < -0.3 is 5.73 Å². The Hall–Kier alpha value is -0.830. The van der Waals surface area contributed by atoms with E-state index in [1.807, 2.05) is 0 Å². The highest BCUT2D eigenvalue weighted by Gasteiger charge is 2.29. The summed E-state index contributed by atoms with van der Waals surface area (Å²) in [6.07, 6.45) is 2.15. The number of nitrogens with zero attached hydrogens (tertiary/aromatic N) is 1. The lowest BCUT2D eigenvalue weighted by molar-refractivity contribution is 0.556. The Morgan fingerprint density at radius 2 is 2.15 bits per heavy atom. The van der Waals surface area contributed by atoms with Gasteiger partial charge in [0.05, 0.1) is 11.4 Å². The van der Waals surface area contributed by atoms with Crippen LogP contribution in [0.3, 0.4) is 0 Å². The normalized spacial score (nSPS) is 22.0. The number of rotatable bonds is 0. The van der Waals surface area contributed by atoms with Crippen molar-refractivity contribution in [2.45, 2.75) is 45.1 Å². The predicted octanol–water partition coefficient (Wildman–Crippen LogP) is 1.65. The zero-order valence-corrected chi connectivity index (χ0v) is 8.52. The van der Waals surface area contributed by atoms with Crippen LogP contribution in [0.5, 0.6) is 0 Å². The van der Waals surface area contributed by atoms with E-state index in [-0.39, 0.29) is 11.5 Å². The van der Waals surface area contributed by atoms with Gasteiger partial charge in [-0.3, -0.25) is 5.10 Å². The minimum atomic E-state index is 0.133. The minimum absolute atomic E-state index is 0.133. The predicted molar refractivity (Wildman–Crippen MR) is 52.5 cm³/mol. The number of H-pyrrole nitrogens is 1. The SMILES string of the molecule is CC(C)(C)c1n[nH]c2c1CCC2N. The van der Waals surface area contributed by atoms with Gasteiger partial charge in [0.1, 0.15) is 0 Å². The van der Waals surface area contributed by atoms with Crippen molar-refractivity contribution in [2.24, 2.45) is 5.73 Å². The van der Waals surface area contributed by atoms with E-state index in [4.69, 9.17) is 5.73 Å². The topological polar surface area (TPSA) is 54.7 Å². The van der Waals surface area contributed by atoms with E-state index < -0.39 is 0 Å². The van der Waals surface area contributed by atoms with Gasteiger partial charge in [-0.15, -0.1) is 0 Å². The molecule has 3 nitrogen and oxygen atoms in total. The fourth-order valence-corrected chi connectivity index (χ4v) is 2.00. The molecular formula is C10H17N3. The van der Waals surface area contributed by atoms with Crippen LogP contribution in [0.25, 0.3) is 0 Å². The molecule has 1 aliphatic carbocycles. The molecule has 0 saturated carbocycles. The molecule has 3 N–H and O–H groups in total. The van der Waals surface area contributed by atoms with Gasteiger partial charge in [-0.1, -0.05) is 20.8 Å². The van der Waals surface area contributed by atoms with Crippen molar-refractivity contribution in [1.29, 1.82) is 0 Å². The molecule has 0 aromatic carbocycles. The molecule has 1 atom stereocenters. The van der Waals surface area contributed by atoms with Crippen molar-refractivity contribution in [2.75, 3.05) is 0 Å². The van der Waals surface area contributed by atoms with Crippen LogP contribution in [0.4, 0.5) is 0 Å². The number of hydrogen-bond acceptors (Lipinski definition) is 2.